The molecule has 0 aliphatic heterocycles. The molecule has 1 amide bonds. The zero-order valence-electron chi connectivity index (χ0n) is 11.9. The molecule has 0 aliphatic carbocycles. The molecule has 0 aliphatic rings. The van der Waals surface area contributed by atoms with Gasteiger partial charge < -0.3 is 15.2 Å². The van der Waals surface area contributed by atoms with E-state index in [0.717, 1.165) is 11.6 Å². The van der Waals surface area contributed by atoms with Crippen LogP contribution in [0.1, 0.15) is 18.1 Å². The molecule has 0 heterocycles. The molecule has 1 aromatic carbocycles. The fraction of sp³-hybridized carbons (Fsp3) is 0.250. The van der Waals surface area contributed by atoms with Gasteiger partial charge in [0, 0.05) is 11.6 Å². The summed E-state index contributed by atoms with van der Waals surface area (Å²) in [7, 11) is 0. The van der Waals surface area contributed by atoms with E-state index in [0.29, 0.717) is 11.3 Å². The topological polar surface area (TPSA) is 75.6 Å². The summed E-state index contributed by atoms with van der Waals surface area (Å²) in [6.07, 6.45) is 6.78. The van der Waals surface area contributed by atoms with Gasteiger partial charge in [-0.15, -0.1) is 6.42 Å². The van der Waals surface area contributed by atoms with E-state index in [1.165, 1.54) is 6.08 Å². The van der Waals surface area contributed by atoms with E-state index in [9.17, 15) is 9.59 Å². The highest BCUT2D eigenvalue weighted by Crippen LogP contribution is 2.25. The maximum absolute atomic E-state index is 11.8. The van der Waals surface area contributed by atoms with Crippen molar-refractivity contribution in [2.24, 2.45) is 0 Å². The monoisotopic (exact) mass is 287 g/mol. The van der Waals surface area contributed by atoms with Gasteiger partial charge in [-0.3, -0.25) is 4.79 Å². The van der Waals surface area contributed by atoms with Crippen LogP contribution in [0.4, 0.5) is 0 Å². The maximum atomic E-state index is 11.8. The number of rotatable bonds is 6. The molecule has 0 fully saturated rings. The Bertz CT molecular complexity index is 599. The maximum Gasteiger partial charge on any atom is 0.328 e. The summed E-state index contributed by atoms with van der Waals surface area (Å²) in [5, 5.41) is 11.2. The lowest BCUT2D eigenvalue weighted by atomic mass is 10.1. The molecular formula is C16H17NO4. The molecule has 5 heteroatoms. The van der Waals surface area contributed by atoms with E-state index in [2.05, 4.69) is 11.2 Å². The minimum Gasteiger partial charge on any atom is -0.480 e. The average molecular weight is 287 g/mol. The van der Waals surface area contributed by atoms with Crippen molar-refractivity contribution in [3.05, 3.63) is 35.4 Å². The number of ether oxygens (including phenoxy) is 1. The van der Waals surface area contributed by atoms with Gasteiger partial charge in [-0.2, -0.15) is 0 Å². The first-order valence-corrected chi connectivity index (χ1v) is 6.34. The van der Waals surface area contributed by atoms with Gasteiger partial charge in [-0.1, -0.05) is 24.1 Å². The zero-order chi connectivity index (χ0) is 15.8. The number of carbonyl (C=O) groups is 2. The second-order valence-electron chi connectivity index (χ2n) is 4.35. The van der Waals surface area contributed by atoms with Gasteiger partial charge in [-0.25, -0.2) is 4.79 Å². The number of amides is 1. The highest BCUT2D eigenvalue weighted by atomic mass is 16.5. The summed E-state index contributed by atoms with van der Waals surface area (Å²) in [6, 6.07) is 5.32. The fourth-order valence-corrected chi connectivity index (χ4v) is 1.64. The van der Waals surface area contributed by atoms with Crippen molar-refractivity contribution >= 4 is 18.0 Å². The van der Waals surface area contributed by atoms with Crippen LogP contribution in [0.5, 0.6) is 5.75 Å². The molecule has 1 aromatic rings. The summed E-state index contributed by atoms with van der Waals surface area (Å²) in [4.78, 5) is 22.4. The molecule has 5 nitrogen and oxygen atoms in total. The number of carbonyl (C=O) groups excluding carboxylic acids is 1. The number of hydrogen-bond acceptors (Lipinski definition) is 3. The van der Waals surface area contributed by atoms with Crippen LogP contribution in [0.3, 0.4) is 0 Å². The van der Waals surface area contributed by atoms with Gasteiger partial charge in [0.2, 0.25) is 0 Å². The first-order chi connectivity index (χ1) is 9.95. The molecule has 110 valence electrons. The predicted molar refractivity (Wildman–Crippen MR) is 79.8 cm³/mol. The van der Waals surface area contributed by atoms with Crippen molar-refractivity contribution in [2.45, 2.75) is 20.0 Å². The molecule has 0 aromatic heterocycles. The zero-order valence-corrected chi connectivity index (χ0v) is 11.9. The van der Waals surface area contributed by atoms with E-state index in [1.807, 2.05) is 13.0 Å². The Morgan fingerprint density at radius 1 is 1.52 bits per heavy atom. The Balaban J connectivity index is 2.94. The smallest absolute Gasteiger partial charge is 0.328 e. The molecule has 21 heavy (non-hydrogen) atoms. The SMILES string of the molecule is C#CCNC(=O)C(C)Oc1c(C)cccc1/C=C/C(=O)O. The number of aryl methyl sites for hydroxylation is 1. The van der Waals surface area contributed by atoms with Crippen molar-refractivity contribution in [3.8, 4) is 18.1 Å². The molecule has 0 bridgehead atoms. The van der Waals surface area contributed by atoms with E-state index >= 15 is 0 Å². The van der Waals surface area contributed by atoms with Crippen molar-refractivity contribution in [1.82, 2.24) is 5.32 Å². The molecule has 0 saturated heterocycles. The molecule has 0 saturated carbocycles. The van der Waals surface area contributed by atoms with Crippen LogP contribution in [0.25, 0.3) is 6.08 Å². The number of nitrogens with one attached hydrogen (secondary N) is 1. The number of hydrogen-bond donors (Lipinski definition) is 2. The summed E-state index contributed by atoms with van der Waals surface area (Å²) in [5.41, 5.74) is 1.40. The number of terminal acetylenes is 1. The van der Waals surface area contributed by atoms with Crippen LogP contribution < -0.4 is 10.1 Å². The van der Waals surface area contributed by atoms with E-state index in [1.54, 1.807) is 19.1 Å². The van der Waals surface area contributed by atoms with Crippen LogP contribution in [0, 0.1) is 19.3 Å². The average Bonchev–Trinajstić information content (AvgIpc) is 2.45. The van der Waals surface area contributed by atoms with Crippen molar-refractivity contribution in [3.63, 3.8) is 0 Å². The van der Waals surface area contributed by atoms with Gasteiger partial charge in [0.1, 0.15) is 5.75 Å². The Morgan fingerprint density at radius 2 is 2.24 bits per heavy atom. The van der Waals surface area contributed by atoms with E-state index in [4.69, 9.17) is 16.3 Å². The summed E-state index contributed by atoms with van der Waals surface area (Å²) >= 11 is 0. The van der Waals surface area contributed by atoms with Crippen LogP contribution in [-0.4, -0.2) is 29.6 Å². The standard InChI is InChI=1S/C16H17NO4/c1-4-10-17-16(20)12(3)21-15-11(2)6-5-7-13(15)8-9-14(18)19/h1,5-9,12H,10H2,2-3H3,(H,17,20)(H,18,19)/b9-8+. The molecule has 0 radical (unpaired) electrons. The second-order valence-corrected chi connectivity index (χ2v) is 4.35. The lowest BCUT2D eigenvalue weighted by molar-refractivity contribution is -0.131. The highest BCUT2D eigenvalue weighted by molar-refractivity contribution is 5.86. The van der Waals surface area contributed by atoms with Crippen molar-refractivity contribution < 1.29 is 19.4 Å². The van der Waals surface area contributed by atoms with Crippen LogP contribution in [0.15, 0.2) is 24.3 Å². The normalized spacial score (nSPS) is 11.7. The third-order valence-corrected chi connectivity index (χ3v) is 2.68. The second kappa shape index (κ2) is 7.75. The summed E-state index contributed by atoms with van der Waals surface area (Å²) in [6.45, 7) is 3.55. The fourth-order valence-electron chi connectivity index (χ4n) is 1.64. The Hall–Kier alpha value is -2.74. The first kappa shape index (κ1) is 16.3. The number of benzene rings is 1. The lowest BCUT2D eigenvalue weighted by Gasteiger charge is -2.17. The number of carboxylic acid groups (broad SMARTS) is 1. The van der Waals surface area contributed by atoms with E-state index < -0.39 is 12.1 Å². The predicted octanol–water partition coefficient (Wildman–Crippen LogP) is 1.61. The van der Waals surface area contributed by atoms with Crippen molar-refractivity contribution in [1.29, 1.82) is 0 Å². The highest BCUT2D eigenvalue weighted by Gasteiger charge is 2.16. The number of aliphatic carboxylic acids is 1. The Kier molecular flexibility index (Phi) is 6.02. The van der Waals surface area contributed by atoms with Gasteiger partial charge in [0.25, 0.3) is 5.91 Å². The largest absolute Gasteiger partial charge is 0.480 e. The van der Waals surface area contributed by atoms with Gasteiger partial charge >= 0.3 is 5.97 Å². The molecule has 1 unspecified atom stereocenters. The minimum absolute atomic E-state index is 0.131. The molecule has 1 atom stereocenters. The van der Waals surface area contributed by atoms with Gasteiger partial charge in [-0.05, 0) is 25.5 Å². The molecular weight excluding hydrogens is 270 g/mol. The van der Waals surface area contributed by atoms with E-state index in [-0.39, 0.29) is 12.5 Å². The molecule has 2 N–H and O–H groups in total. The molecule has 1 rings (SSSR count). The van der Waals surface area contributed by atoms with Crippen molar-refractivity contribution in [2.75, 3.05) is 6.54 Å². The third kappa shape index (κ3) is 5.03. The lowest BCUT2D eigenvalue weighted by Crippen LogP contribution is -2.36. The Morgan fingerprint density at radius 3 is 2.86 bits per heavy atom. The Labute approximate surface area is 123 Å². The third-order valence-electron chi connectivity index (χ3n) is 2.68. The van der Waals surface area contributed by atoms with Gasteiger partial charge in [0.05, 0.1) is 6.54 Å². The summed E-state index contributed by atoms with van der Waals surface area (Å²) in [5.74, 6) is 1.40. The van der Waals surface area contributed by atoms with Gasteiger partial charge in [0.15, 0.2) is 6.10 Å². The van der Waals surface area contributed by atoms with Crippen LogP contribution >= 0.6 is 0 Å². The summed E-state index contributed by atoms with van der Waals surface area (Å²) < 4.78 is 5.64. The number of para-hydroxylation sites is 1. The quantitative estimate of drug-likeness (QED) is 0.615. The van der Waals surface area contributed by atoms with Crippen LogP contribution in [0.2, 0.25) is 0 Å². The number of carboxylic acids is 1. The molecule has 0 spiro atoms. The first-order valence-electron chi connectivity index (χ1n) is 6.34. The van der Waals surface area contributed by atoms with Crippen LogP contribution in [-0.2, 0) is 9.59 Å². The minimum atomic E-state index is -1.05.